The molecule has 1 aromatic rings. The minimum absolute atomic E-state index is 0.241. The van der Waals surface area contributed by atoms with Gasteiger partial charge in [-0.1, -0.05) is 38.1 Å². The molecule has 0 aromatic heterocycles. The van der Waals surface area contributed by atoms with E-state index in [0.717, 1.165) is 6.42 Å². The number of rotatable bonds is 5. The topological polar surface area (TPSA) is 29.3 Å². The van der Waals surface area contributed by atoms with Crippen LogP contribution in [0.25, 0.3) is 0 Å². The number of hydrogen-bond donors (Lipinski definition) is 1. The number of likely N-dealkylation sites (N-methyl/N-ethyl adjacent to an activating group) is 1. The fourth-order valence-electron chi connectivity index (χ4n) is 2.70. The molecule has 0 spiro atoms. The summed E-state index contributed by atoms with van der Waals surface area (Å²) < 4.78 is 0. The van der Waals surface area contributed by atoms with E-state index in [0.29, 0.717) is 5.92 Å². The van der Waals surface area contributed by atoms with E-state index in [4.69, 9.17) is 5.73 Å². The first kappa shape index (κ1) is 15.2. The van der Waals surface area contributed by atoms with Gasteiger partial charge in [-0.05, 0) is 51.4 Å². The van der Waals surface area contributed by atoms with Crippen molar-refractivity contribution in [2.24, 2.45) is 11.7 Å². The van der Waals surface area contributed by atoms with E-state index in [-0.39, 0.29) is 11.6 Å². The number of benzene rings is 1. The van der Waals surface area contributed by atoms with Crippen LogP contribution < -0.4 is 5.73 Å². The van der Waals surface area contributed by atoms with Gasteiger partial charge < -0.3 is 10.6 Å². The maximum absolute atomic E-state index is 6.29. The minimum atomic E-state index is -0.247. The highest BCUT2D eigenvalue weighted by Crippen LogP contribution is 2.28. The highest BCUT2D eigenvalue weighted by atomic mass is 15.1. The SMILES string of the molecule is CC(C)Cc1ccc(C(N(C)C)C(C)(C)N)cc1. The Labute approximate surface area is 112 Å². The molecule has 1 rings (SSSR count). The van der Waals surface area contributed by atoms with E-state index in [1.807, 2.05) is 0 Å². The van der Waals surface area contributed by atoms with Gasteiger partial charge in [0.05, 0.1) is 6.04 Å². The van der Waals surface area contributed by atoms with E-state index in [1.54, 1.807) is 0 Å². The van der Waals surface area contributed by atoms with E-state index in [1.165, 1.54) is 11.1 Å². The van der Waals surface area contributed by atoms with Crippen LogP contribution in [-0.2, 0) is 6.42 Å². The Hall–Kier alpha value is -0.860. The lowest BCUT2D eigenvalue weighted by molar-refractivity contribution is 0.205. The first-order valence-corrected chi connectivity index (χ1v) is 6.76. The molecule has 0 fully saturated rings. The Kier molecular flexibility index (Phi) is 4.94. The smallest absolute Gasteiger partial charge is 0.0517 e. The van der Waals surface area contributed by atoms with Crippen LogP contribution in [0, 0.1) is 5.92 Å². The summed E-state index contributed by atoms with van der Waals surface area (Å²) in [6, 6.07) is 9.15. The van der Waals surface area contributed by atoms with Crippen LogP contribution in [0.15, 0.2) is 24.3 Å². The molecule has 1 unspecified atom stereocenters. The molecule has 0 aliphatic carbocycles. The minimum Gasteiger partial charge on any atom is -0.324 e. The second-order valence-corrected chi connectivity index (χ2v) is 6.53. The van der Waals surface area contributed by atoms with Gasteiger partial charge in [-0.3, -0.25) is 0 Å². The predicted molar refractivity (Wildman–Crippen MR) is 79.7 cm³/mol. The van der Waals surface area contributed by atoms with Gasteiger partial charge in [0.2, 0.25) is 0 Å². The quantitative estimate of drug-likeness (QED) is 0.867. The molecule has 0 bridgehead atoms. The Bertz CT molecular complexity index is 358. The average molecular weight is 248 g/mol. The molecule has 0 aliphatic rings. The molecule has 0 saturated heterocycles. The van der Waals surface area contributed by atoms with Crippen LogP contribution in [0.3, 0.4) is 0 Å². The van der Waals surface area contributed by atoms with Crippen molar-refractivity contribution in [1.29, 1.82) is 0 Å². The molecule has 2 N–H and O–H groups in total. The van der Waals surface area contributed by atoms with Gasteiger partial charge in [0, 0.05) is 5.54 Å². The molecule has 102 valence electrons. The number of hydrogen-bond acceptors (Lipinski definition) is 2. The predicted octanol–water partition coefficient (Wildman–Crippen LogP) is 3.23. The van der Waals surface area contributed by atoms with Crippen LogP contribution in [0.4, 0.5) is 0 Å². The van der Waals surface area contributed by atoms with Gasteiger partial charge in [-0.25, -0.2) is 0 Å². The summed E-state index contributed by atoms with van der Waals surface area (Å²) in [5.74, 6) is 0.700. The highest BCUT2D eigenvalue weighted by molar-refractivity contribution is 5.27. The second kappa shape index (κ2) is 5.85. The van der Waals surface area contributed by atoms with Crippen molar-refractivity contribution in [2.75, 3.05) is 14.1 Å². The molecular formula is C16H28N2. The lowest BCUT2D eigenvalue weighted by atomic mass is 9.88. The van der Waals surface area contributed by atoms with E-state index in [2.05, 4.69) is 71.0 Å². The second-order valence-electron chi connectivity index (χ2n) is 6.53. The molecule has 0 radical (unpaired) electrons. The zero-order valence-corrected chi connectivity index (χ0v) is 12.7. The molecule has 0 saturated carbocycles. The summed E-state index contributed by atoms with van der Waals surface area (Å²) in [6.45, 7) is 8.67. The summed E-state index contributed by atoms with van der Waals surface area (Å²) in [5, 5.41) is 0. The van der Waals surface area contributed by atoms with Crippen molar-refractivity contribution in [3.05, 3.63) is 35.4 Å². The van der Waals surface area contributed by atoms with Gasteiger partial charge in [0.1, 0.15) is 0 Å². The van der Waals surface area contributed by atoms with Crippen LogP contribution in [0.1, 0.15) is 44.9 Å². The van der Waals surface area contributed by atoms with Crippen molar-refractivity contribution < 1.29 is 0 Å². The normalized spacial score (nSPS) is 14.3. The molecule has 0 heterocycles. The first-order chi connectivity index (χ1) is 8.21. The maximum atomic E-state index is 6.29. The molecule has 0 amide bonds. The largest absolute Gasteiger partial charge is 0.324 e. The zero-order chi connectivity index (χ0) is 13.9. The molecule has 1 atom stereocenters. The summed E-state index contributed by atoms with van der Waals surface area (Å²) in [5.41, 5.74) is 8.74. The van der Waals surface area contributed by atoms with Crippen molar-refractivity contribution in [1.82, 2.24) is 4.90 Å². The highest BCUT2D eigenvalue weighted by Gasteiger charge is 2.28. The first-order valence-electron chi connectivity index (χ1n) is 6.76. The molecule has 18 heavy (non-hydrogen) atoms. The van der Waals surface area contributed by atoms with Gasteiger partial charge in [-0.2, -0.15) is 0 Å². The fourth-order valence-corrected chi connectivity index (χ4v) is 2.70. The van der Waals surface area contributed by atoms with Crippen molar-refractivity contribution in [2.45, 2.75) is 45.7 Å². The van der Waals surface area contributed by atoms with Crippen LogP contribution in [0.2, 0.25) is 0 Å². The lowest BCUT2D eigenvalue weighted by Gasteiger charge is -2.36. The fraction of sp³-hybridized carbons (Fsp3) is 0.625. The number of nitrogens with zero attached hydrogens (tertiary/aromatic N) is 1. The van der Waals surface area contributed by atoms with Gasteiger partial charge in [0.25, 0.3) is 0 Å². The van der Waals surface area contributed by atoms with Gasteiger partial charge in [0.15, 0.2) is 0 Å². The standard InChI is InChI=1S/C16H28N2/c1-12(2)11-13-7-9-14(10-8-13)15(18(5)6)16(3,4)17/h7-10,12,15H,11,17H2,1-6H3. The van der Waals surface area contributed by atoms with Crippen LogP contribution >= 0.6 is 0 Å². The summed E-state index contributed by atoms with van der Waals surface area (Å²) in [6.07, 6.45) is 1.14. The molecular weight excluding hydrogens is 220 g/mol. The average Bonchev–Trinajstić information content (AvgIpc) is 2.17. The molecule has 2 nitrogen and oxygen atoms in total. The van der Waals surface area contributed by atoms with Gasteiger partial charge in [-0.15, -0.1) is 0 Å². The Morgan fingerprint density at radius 2 is 1.61 bits per heavy atom. The van der Waals surface area contributed by atoms with Gasteiger partial charge >= 0.3 is 0 Å². The summed E-state index contributed by atoms with van der Waals surface area (Å²) in [7, 11) is 4.17. The summed E-state index contributed by atoms with van der Waals surface area (Å²) >= 11 is 0. The number of nitrogens with two attached hydrogens (primary N) is 1. The Balaban J connectivity index is 2.95. The zero-order valence-electron chi connectivity index (χ0n) is 12.7. The molecule has 1 aromatic carbocycles. The summed E-state index contributed by atoms with van der Waals surface area (Å²) in [4.78, 5) is 2.19. The third-order valence-electron chi connectivity index (χ3n) is 3.16. The lowest BCUT2D eigenvalue weighted by Crippen LogP contribution is -2.45. The van der Waals surface area contributed by atoms with E-state index >= 15 is 0 Å². The van der Waals surface area contributed by atoms with Crippen molar-refractivity contribution >= 4 is 0 Å². The van der Waals surface area contributed by atoms with E-state index in [9.17, 15) is 0 Å². The monoisotopic (exact) mass is 248 g/mol. The Morgan fingerprint density at radius 3 is 1.94 bits per heavy atom. The molecule has 0 aliphatic heterocycles. The van der Waals surface area contributed by atoms with Crippen molar-refractivity contribution in [3.63, 3.8) is 0 Å². The third-order valence-corrected chi connectivity index (χ3v) is 3.16. The third kappa shape index (κ3) is 4.11. The maximum Gasteiger partial charge on any atom is 0.0517 e. The van der Waals surface area contributed by atoms with Crippen molar-refractivity contribution in [3.8, 4) is 0 Å². The van der Waals surface area contributed by atoms with Crippen LogP contribution in [0.5, 0.6) is 0 Å². The molecule has 2 heteroatoms. The van der Waals surface area contributed by atoms with E-state index < -0.39 is 0 Å². The Morgan fingerprint density at radius 1 is 1.11 bits per heavy atom. The van der Waals surface area contributed by atoms with Crippen LogP contribution in [-0.4, -0.2) is 24.5 Å².